The highest BCUT2D eigenvalue weighted by atomic mass is 32.2. The van der Waals surface area contributed by atoms with Crippen molar-refractivity contribution in [2.45, 2.75) is 26.3 Å². The van der Waals surface area contributed by atoms with Crippen LogP contribution in [-0.2, 0) is 16.4 Å². The molecule has 0 aliphatic carbocycles. The van der Waals surface area contributed by atoms with Crippen LogP contribution in [0.4, 0.5) is 0 Å². The van der Waals surface area contributed by atoms with Gasteiger partial charge in [-0.25, -0.2) is 8.42 Å². The van der Waals surface area contributed by atoms with E-state index in [2.05, 4.69) is 0 Å². The number of aromatic nitrogens is 1. The topological polar surface area (TPSA) is 56.1 Å². The molecule has 5 heteroatoms. The van der Waals surface area contributed by atoms with Crippen molar-refractivity contribution in [1.82, 2.24) is 4.57 Å². The van der Waals surface area contributed by atoms with Crippen molar-refractivity contribution >= 4 is 9.84 Å². The Balaban J connectivity index is 2.95. The molecule has 0 bridgehead atoms. The number of pyridine rings is 1. The molecule has 90 valence electrons. The lowest BCUT2D eigenvalue weighted by Crippen LogP contribution is -2.23. The maximum absolute atomic E-state index is 11.5. The van der Waals surface area contributed by atoms with Crippen LogP contribution in [0.15, 0.2) is 23.1 Å². The van der Waals surface area contributed by atoms with E-state index in [-0.39, 0.29) is 17.9 Å². The average molecular weight is 243 g/mol. The zero-order valence-electron chi connectivity index (χ0n) is 9.80. The SMILES string of the molecule is CC(C)c1ccc(=O)n(CCS(C)(=O)=O)c1. The molecule has 0 N–H and O–H groups in total. The first kappa shape index (κ1) is 13.0. The highest BCUT2D eigenvalue weighted by Gasteiger charge is 2.06. The van der Waals surface area contributed by atoms with Crippen molar-refractivity contribution in [3.05, 3.63) is 34.2 Å². The van der Waals surface area contributed by atoms with Crippen LogP contribution >= 0.6 is 0 Å². The van der Waals surface area contributed by atoms with Crippen LogP contribution in [-0.4, -0.2) is 25.0 Å². The third-order valence-corrected chi connectivity index (χ3v) is 3.30. The Kier molecular flexibility index (Phi) is 3.91. The molecule has 0 spiro atoms. The van der Waals surface area contributed by atoms with E-state index in [1.807, 2.05) is 13.8 Å². The van der Waals surface area contributed by atoms with Crippen LogP contribution in [0.3, 0.4) is 0 Å². The van der Waals surface area contributed by atoms with Crippen molar-refractivity contribution < 1.29 is 8.42 Å². The summed E-state index contributed by atoms with van der Waals surface area (Å²) in [5, 5.41) is 0. The Hall–Kier alpha value is -1.10. The molecule has 1 aromatic rings. The van der Waals surface area contributed by atoms with E-state index in [0.717, 1.165) is 5.56 Å². The van der Waals surface area contributed by atoms with Crippen LogP contribution in [0.2, 0.25) is 0 Å². The second-order valence-corrected chi connectivity index (χ2v) is 6.54. The Morgan fingerprint density at radius 2 is 1.94 bits per heavy atom. The third-order valence-electron chi connectivity index (χ3n) is 2.38. The minimum absolute atomic E-state index is 0.00550. The minimum Gasteiger partial charge on any atom is -0.314 e. The predicted octanol–water partition coefficient (Wildman–Crippen LogP) is 1.02. The minimum atomic E-state index is -3.03. The monoisotopic (exact) mass is 243 g/mol. The number of nitrogens with zero attached hydrogens (tertiary/aromatic N) is 1. The molecule has 0 aliphatic heterocycles. The molecule has 4 nitrogen and oxygen atoms in total. The van der Waals surface area contributed by atoms with Gasteiger partial charge in [-0.2, -0.15) is 0 Å². The van der Waals surface area contributed by atoms with E-state index >= 15 is 0 Å². The molecular weight excluding hydrogens is 226 g/mol. The van der Waals surface area contributed by atoms with E-state index in [4.69, 9.17) is 0 Å². The first-order valence-corrected chi connectivity index (χ1v) is 7.24. The summed E-state index contributed by atoms with van der Waals surface area (Å²) in [6.45, 7) is 4.28. The molecule has 0 radical (unpaired) electrons. The maximum atomic E-state index is 11.5. The van der Waals surface area contributed by atoms with Gasteiger partial charge in [0.2, 0.25) is 0 Å². The van der Waals surface area contributed by atoms with Crippen LogP contribution < -0.4 is 5.56 Å². The molecular formula is C11H17NO3S. The molecule has 16 heavy (non-hydrogen) atoms. The number of aryl methyl sites for hydroxylation is 1. The summed E-state index contributed by atoms with van der Waals surface area (Å²) in [6.07, 6.45) is 2.91. The fourth-order valence-electron chi connectivity index (χ4n) is 1.33. The van der Waals surface area contributed by atoms with Crippen molar-refractivity contribution in [3.63, 3.8) is 0 Å². The van der Waals surface area contributed by atoms with Crippen molar-refractivity contribution in [2.24, 2.45) is 0 Å². The summed E-state index contributed by atoms with van der Waals surface area (Å²) in [5.74, 6) is 0.319. The van der Waals surface area contributed by atoms with E-state index < -0.39 is 9.84 Å². The number of sulfone groups is 1. The average Bonchev–Trinajstić information content (AvgIpc) is 2.14. The Morgan fingerprint density at radius 1 is 1.31 bits per heavy atom. The van der Waals surface area contributed by atoms with E-state index in [0.29, 0.717) is 5.92 Å². The van der Waals surface area contributed by atoms with Gasteiger partial charge in [-0.15, -0.1) is 0 Å². The Labute approximate surface area is 95.8 Å². The van der Waals surface area contributed by atoms with Crippen molar-refractivity contribution in [3.8, 4) is 0 Å². The lowest BCUT2D eigenvalue weighted by Gasteiger charge is -2.09. The second kappa shape index (κ2) is 4.82. The molecule has 1 aromatic heterocycles. The summed E-state index contributed by atoms with van der Waals surface area (Å²) in [6, 6.07) is 3.27. The molecule has 0 unspecified atom stereocenters. The highest BCUT2D eigenvalue weighted by Crippen LogP contribution is 2.11. The fourth-order valence-corrected chi connectivity index (χ4v) is 1.86. The fraction of sp³-hybridized carbons (Fsp3) is 0.545. The Bertz CT molecular complexity index is 514. The molecule has 0 saturated heterocycles. The zero-order chi connectivity index (χ0) is 12.3. The van der Waals surface area contributed by atoms with Gasteiger partial charge in [0.05, 0.1) is 5.75 Å². The van der Waals surface area contributed by atoms with Crippen LogP contribution in [0.5, 0.6) is 0 Å². The molecule has 0 saturated carbocycles. The second-order valence-electron chi connectivity index (χ2n) is 4.28. The van der Waals surface area contributed by atoms with Gasteiger partial charge in [0, 0.05) is 25.1 Å². The van der Waals surface area contributed by atoms with Crippen LogP contribution in [0.25, 0.3) is 0 Å². The van der Waals surface area contributed by atoms with Gasteiger partial charge < -0.3 is 4.57 Å². The summed E-state index contributed by atoms with van der Waals surface area (Å²) in [7, 11) is -3.03. The van der Waals surface area contributed by atoms with E-state index in [1.54, 1.807) is 12.3 Å². The standard InChI is InChI=1S/C11H17NO3S/c1-9(2)10-4-5-11(13)12(8-10)6-7-16(3,14)15/h4-5,8-9H,6-7H2,1-3H3. The van der Waals surface area contributed by atoms with Crippen LogP contribution in [0, 0.1) is 0 Å². The largest absolute Gasteiger partial charge is 0.314 e. The number of hydrogen-bond acceptors (Lipinski definition) is 3. The lowest BCUT2D eigenvalue weighted by atomic mass is 10.1. The molecule has 0 aromatic carbocycles. The summed E-state index contributed by atoms with van der Waals surface area (Å²) < 4.78 is 23.5. The Morgan fingerprint density at radius 3 is 2.44 bits per heavy atom. The maximum Gasteiger partial charge on any atom is 0.250 e. The quantitative estimate of drug-likeness (QED) is 0.793. The molecule has 0 amide bonds. The molecule has 1 rings (SSSR count). The first-order valence-electron chi connectivity index (χ1n) is 5.18. The third kappa shape index (κ3) is 3.81. The van der Waals surface area contributed by atoms with Gasteiger partial charge in [0.25, 0.3) is 5.56 Å². The lowest BCUT2D eigenvalue weighted by molar-refractivity contribution is 0.592. The van der Waals surface area contributed by atoms with Gasteiger partial charge in [0.1, 0.15) is 9.84 Å². The van der Waals surface area contributed by atoms with Crippen LogP contribution in [0.1, 0.15) is 25.3 Å². The number of hydrogen-bond donors (Lipinski definition) is 0. The van der Waals surface area contributed by atoms with Gasteiger partial charge in [0.15, 0.2) is 0 Å². The molecule has 0 atom stereocenters. The molecule has 0 aliphatic rings. The van der Waals surface area contributed by atoms with Gasteiger partial charge in [-0.3, -0.25) is 4.79 Å². The molecule has 0 fully saturated rings. The van der Waals surface area contributed by atoms with Gasteiger partial charge >= 0.3 is 0 Å². The summed E-state index contributed by atoms with van der Waals surface area (Å²) >= 11 is 0. The predicted molar refractivity (Wildman–Crippen MR) is 64.5 cm³/mol. The normalized spacial score (nSPS) is 12.0. The zero-order valence-corrected chi connectivity index (χ0v) is 10.6. The first-order chi connectivity index (χ1) is 7.29. The summed E-state index contributed by atoms with van der Waals surface area (Å²) in [5.41, 5.74) is 0.876. The summed E-state index contributed by atoms with van der Waals surface area (Å²) in [4.78, 5) is 11.5. The van der Waals surface area contributed by atoms with Gasteiger partial charge in [-0.1, -0.05) is 19.9 Å². The van der Waals surface area contributed by atoms with E-state index in [9.17, 15) is 13.2 Å². The number of rotatable bonds is 4. The van der Waals surface area contributed by atoms with E-state index in [1.165, 1.54) is 16.9 Å². The van der Waals surface area contributed by atoms with Crippen molar-refractivity contribution in [2.75, 3.05) is 12.0 Å². The van der Waals surface area contributed by atoms with Gasteiger partial charge in [-0.05, 0) is 11.5 Å². The van der Waals surface area contributed by atoms with Crippen molar-refractivity contribution in [1.29, 1.82) is 0 Å². The smallest absolute Gasteiger partial charge is 0.250 e. The highest BCUT2D eigenvalue weighted by molar-refractivity contribution is 7.90. The molecule has 1 heterocycles.